The highest BCUT2D eigenvalue weighted by molar-refractivity contribution is 5.80. The highest BCUT2D eigenvalue weighted by atomic mass is 16.5. The molecule has 0 saturated heterocycles. The van der Waals surface area contributed by atoms with E-state index in [-0.39, 0.29) is 5.91 Å². The van der Waals surface area contributed by atoms with Crippen LogP contribution in [0.2, 0.25) is 0 Å². The Morgan fingerprint density at radius 2 is 1.73 bits per heavy atom. The molecule has 0 spiro atoms. The number of carbonyl (C=O) groups excluding carboxylic acids is 1. The van der Waals surface area contributed by atoms with Gasteiger partial charge in [-0.1, -0.05) is 23.8 Å². The van der Waals surface area contributed by atoms with Gasteiger partial charge in [0.1, 0.15) is 5.75 Å². The lowest BCUT2D eigenvalue weighted by molar-refractivity contribution is -0.127. The van der Waals surface area contributed by atoms with Gasteiger partial charge < -0.3 is 19.5 Å². The smallest absolute Gasteiger partial charge is 0.260 e. The first-order chi connectivity index (χ1) is 12.5. The van der Waals surface area contributed by atoms with E-state index >= 15 is 0 Å². The van der Waals surface area contributed by atoms with E-state index in [1.807, 2.05) is 49.4 Å². The Morgan fingerprint density at radius 3 is 2.38 bits per heavy atom. The van der Waals surface area contributed by atoms with E-state index in [4.69, 9.17) is 14.2 Å². The van der Waals surface area contributed by atoms with E-state index in [1.54, 1.807) is 21.1 Å². The van der Waals surface area contributed by atoms with Gasteiger partial charge in [-0.25, -0.2) is 0 Å². The molecule has 0 aliphatic rings. The highest BCUT2D eigenvalue weighted by Crippen LogP contribution is 2.27. The summed E-state index contributed by atoms with van der Waals surface area (Å²) in [5, 5.41) is 2.92. The maximum atomic E-state index is 12.1. The van der Waals surface area contributed by atoms with Gasteiger partial charge in [0.2, 0.25) is 0 Å². The molecule has 0 radical (unpaired) electrons. The molecule has 1 N–H and O–H groups in total. The molecule has 2 aromatic carbocycles. The van der Waals surface area contributed by atoms with Crippen LogP contribution in [0.4, 0.5) is 0 Å². The molecule has 1 atom stereocenters. The lowest BCUT2D eigenvalue weighted by atomic mass is 10.1. The van der Waals surface area contributed by atoms with Crippen LogP contribution in [0, 0.1) is 6.92 Å². The Labute approximate surface area is 155 Å². The van der Waals surface area contributed by atoms with Crippen molar-refractivity contribution in [3.05, 3.63) is 53.6 Å². The Morgan fingerprint density at radius 1 is 1.04 bits per heavy atom. The van der Waals surface area contributed by atoms with Crippen molar-refractivity contribution in [1.29, 1.82) is 0 Å². The van der Waals surface area contributed by atoms with Crippen LogP contribution in [0.1, 0.15) is 24.5 Å². The molecular formula is C21H27NO4. The van der Waals surface area contributed by atoms with Gasteiger partial charge in [0, 0.05) is 6.54 Å². The molecule has 0 heterocycles. The lowest BCUT2D eigenvalue weighted by Gasteiger charge is -2.15. The molecule has 5 heteroatoms. The van der Waals surface area contributed by atoms with Crippen molar-refractivity contribution in [2.24, 2.45) is 0 Å². The summed E-state index contributed by atoms with van der Waals surface area (Å²) in [6.45, 7) is 4.36. The normalized spacial score (nSPS) is 11.5. The molecule has 0 aromatic heterocycles. The Kier molecular flexibility index (Phi) is 7.33. The van der Waals surface area contributed by atoms with Crippen molar-refractivity contribution in [2.75, 3.05) is 20.8 Å². The molecule has 0 saturated carbocycles. The van der Waals surface area contributed by atoms with Crippen LogP contribution < -0.4 is 19.5 Å². The number of ether oxygens (including phenoxy) is 3. The average Bonchev–Trinajstić information content (AvgIpc) is 2.66. The van der Waals surface area contributed by atoms with E-state index in [0.29, 0.717) is 23.8 Å². The molecule has 0 fully saturated rings. The second-order valence-electron chi connectivity index (χ2n) is 6.16. The monoisotopic (exact) mass is 357 g/mol. The van der Waals surface area contributed by atoms with Crippen molar-refractivity contribution in [2.45, 2.75) is 32.8 Å². The first-order valence-electron chi connectivity index (χ1n) is 8.75. The van der Waals surface area contributed by atoms with Crippen molar-refractivity contribution < 1.29 is 19.0 Å². The fourth-order valence-corrected chi connectivity index (χ4v) is 2.56. The van der Waals surface area contributed by atoms with Gasteiger partial charge in [-0.05, 0) is 56.5 Å². The second-order valence-corrected chi connectivity index (χ2v) is 6.16. The number of aryl methyl sites for hydroxylation is 2. The number of hydrogen-bond acceptors (Lipinski definition) is 4. The molecular weight excluding hydrogens is 330 g/mol. The minimum absolute atomic E-state index is 0.113. The van der Waals surface area contributed by atoms with Crippen LogP contribution in [-0.4, -0.2) is 32.8 Å². The summed E-state index contributed by atoms with van der Waals surface area (Å²) in [5.41, 5.74) is 2.30. The van der Waals surface area contributed by atoms with E-state index in [0.717, 1.165) is 24.0 Å². The highest BCUT2D eigenvalue weighted by Gasteiger charge is 2.14. The van der Waals surface area contributed by atoms with Crippen LogP contribution in [0.3, 0.4) is 0 Å². The third-order valence-electron chi connectivity index (χ3n) is 4.09. The van der Waals surface area contributed by atoms with E-state index in [1.165, 1.54) is 0 Å². The quantitative estimate of drug-likeness (QED) is 0.698. The van der Waals surface area contributed by atoms with Gasteiger partial charge in [0.05, 0.1) is 14.2 Å². The third kappa shape index (κ3) is 5.69. The minimum atomic E-state index is -0.529. The zero-order valence-corrected chi connectivity index (χ0v) is 15.9. The summed E-state index contributed by atoms with van der Waals surface area (Å²) in [6, 6.07) is 13.5. The number of rotatable bonds is 9. The lowest BCUT2D eigenvalue weighted by Crippen LogP contribution is -2.36. The summed E-state index contributed by atoms with van der Waals surface area (Å²) in [4.78, 5) is 12.1. The predicted molar refractivity (Wildman–Crippen MR) is 102 cm³/mol. The molecule has 1 unspecified atom stereocenters. The van der Waals surface area contributed by atoms with Crippen molar-refractivity contribution >= 4 is 5.91 Å². The van der Waals surface area contributed by atoms with Crippen LogP contribution in [0.5, 0.6) is 17.2 Å². The average molecular weight is 357 g/mol. The second kappa shape index (κ2) is 9.70. The topological polar surface area (TPSA) is 56.8 Å². The van der Waals surface area contributed by atoms with Gasteiger partial charge in [-0.2, -0.15) is 0 Å². The summed E-state index contributed by atoms with van der Waals surface area (Å²) in [7, 11) is 3.24. The van der Waals surface area contributed by atoms with Crippen molar-refractivity contribution in [1.82, 2.24) is 5.32 Å². The molecule has 140 valence electrons. The van der Waals surface area contributed by atoms with E-state index in [2.05, 4.69) is 5.32 Å². The fraction of sp³-hybridized carbons (Fsp3) is 0.381. The van der Waals surface area contributed by atoms with Crippen LogP contribution in [0.25, 0.3) is 0 Å². The largest absolute Gasteiger partial charge is 0.493 e. The van der Waals surface area contributed by atoms with Gasteiger partial charge >= 0.3 is 0 Å². The number of benzene rings is 2. The van der Waals surface area contributed by atoms with Crippen LogP contribution in [0.15, 0.2) is 42.5 Å². The molecule has 0 bridgehead atoms. The first kappa shape index (κ1) is 19.6. The summed E-state index contributed by atoms with van der Waals surface area (Å²) in [5.74, 6) is 2.02. The Balaban J connectivity index is 1.75. The van der Waals surface area contributed by atoms with Gasteiger partial charge in [0.15, 0.2) is 17.6 Å². The maximum absolute atomic E-state index is 12.1. The van der Waals surface area contributed by atoms with Crippen molar-refractivity contribution in [3.63, 3.8) is 0 Å². The van der Waals surface area contributed by atoms with E-state index in [9.17, 15) is 4.79 Å². The fourth-order valence-electron chi connectivity index (χ4n) is 2.56. The third-order valence-corrected chi connectivity index (χ3v) is 4.09. The van der Waals surface area contributed by atoms with Gasteiger partial charge in [-0.3, -0.25) is 4.79 Å². The van der Waals surface area contributed by atoms with Crippen molar-refractivity contribution in [3.8, 4) is 17.2 Å². The van der Waals surface area contributed by atoms with Crippen LogP contribution >= 0.6 is 0 Å². The zero-order valence-electron chi connectivity index (χ0n) is 15.9. The van der Waals surface area contributed by atoms with E-state index < -0.39 is 6.10 Å². The predicted octanol–water partition coefficient (Wildman–Crippen LogP) is 3.53. The Hall–Kier alpha value is -2.69. The molecule has 0 aliphatic heterocycles. The summed E-state index contributed by atoms with van der Waals surface area (Å²) < 4.78 is 16.2. The summed E-state index contributed by atoms with van der Waals surface area (Å²) >= 11 is 0. The molecule has 2 aromatic rings. The molecule has 0 aliphatic carbocycles. The van der Waals surface area contributed by atoms with Gasteiger partial charge in [-0.15, -0.1) is 0 Å². The number of hydrogen-bond donors (Lipinski definition) is 1. The Bertz CT molecular complexity index is 712. The maximum Gasteiger partial charge on any atom is 0.260 e. The number of methoxy groups -OCH3 is 2. The molecule has 26 heavy (non-hydrogen) atoms. The zero-order chi connectivity index (χ0) is 18.9. The standard InChI is InChI=1S/C21H27NO4/c1-15-7-10-18(11-8-15)26-16(2)21(23)22-13-5-6-17-9-12-19(24-3)20(14-17)25-4/h7-12,14,16H,5-6,13H2,1-4H3,(H,22,23). The number of nitrogens with one attached hydrogen (secondary N) is 1. The van der Waals surface area contributed by atoms with Gasteiger partial charge in [0.25, 0.3) is 5.91 Å². The number of amides is 1. The summed E-state index contributed by atoms with van der Waals surface area (Å²) in [6.07, 6.45) is 1.14. The number of carbonyl (C=O) groups is 1. The SMILES string of the molecule is COc1ccc(CCCNC(=O)C(C)Oc2ccc(C)cc2)cc1OC. The first-order valence-corrected chi connectivity index (χ1v) is 8.75. The molecule has 1 amide bonds. The molecule has 5 nitrogen and oxygen atoms in total. The molecule has 2 rings (SSSR count). The minimum Gasteiger partial charge on any atom is -0.493 e. The van der Waals surface area contributed by atoms with Crippen LogP contribution in [-0.2, 0) is 11.2 Å².